The van der Waals surface area contributed by atoms with Crippen molar-refractivity contribution in [3.8, 4) is 0 Å². The second kappa shape index (κ2) is 6.76. The summed E-state index contributed by atoms with van der Waals surface area (Å²) in [5.74, 6) is 1.78. The molecule has 2 rings (SSSR count). The van der Waals surface area contributed by atoms with Gasteiger partial charge in [0.2, 0.25) is 0 Å². The van der Waals surface area contributed by atoms with E-state index in [-0.39, 0.29) is 0 Å². The Bertz CT molecular complexity index is 377. The predicted octanol–water partition coefficient (Wildman–Crippen LogP) is 5.21. The maximum absolute atomic E-state index is 5.93. The summed E-state index contributed by atoms with van der Waals surface area (Å²) < 4.78 is 0. The Hall–Kier alpha value is -0.530. The Morgan fingerprint density at radius 2 is 1.58 bits per heavy atom. The van der Waals surface area contributed by atoms with Crippen LogP contribution in [0, 0.1) is 11.8 Å². The standard InChI is InChI=1S/C17H26ClN/c1-12(2)14-6-10-17(11-7-14)19-13(3)15-4-8-16(18)9-5-15/h4-5,8-9,12-14,17,19H,6-7,10-11H2,1-3H3/t13-,14?,17?/m1/s1. The zero-order chi connectivity index (χ0) is 13.8. The number of hydrogen-bond donors (Lipinski definition) is 1. The summed E-state index contributed by atoms with van der Waals surface area (Å²) in [7, 11) is 0. The van der Waals surface area contributed by atoms with Gasteiger partial charge in [-0.25, -0.2) is 0 Å². The summed E-state index contributed by atoms with van der Waals surface area (Å²) in [6, 6.07) is 9.30. The van der Waals surface area contributed by atoms with Crippen molar-refractivity contribution in [3.05, 3.63) is 34.9 Å². The molecule has 1 saturated carbocycles. The maximum Gasteiger partial charge on any atom is 0.0406 e. The highest BCUT2D eigenvalue weighted by Gasteiger charge is 2.24. The van der Waals surface area contributed by atoms with E-state index in [9.17, 15) is 0 Å². The normalized spacial score (nSPS) is 25.5. The first kappa shape index (κ1) is 14.9. The summed E-state index contributed by atoms with van der Waals surface area (Å²) >= 11 is 5.93. The van der Waals surface area contributed by atoms with Crippen molar-refractivity contribution >= 4 is 11.6 Å². The molecule has 0 bridgehead atoms. The van der Waals surface area contributed by atoms with Gasteiger partial charge in [0.15, 0.2) is 0 Å². The quantitative estimate of drug-likeness (QED) is 0.798. The van der Waals surface area contributed by atoms with Crippen LogP contribution in [0.3, 0.4) is 0 Å². The van der Waals surface area contributed by atoms with E-state index in [2.05, 4.69) is 38.2 Å². The van der Waals surface area contributed by atoms with Crippen LogP contribution in [0.4, 0.5) is 0 Å². The van der Waals surface area contributed by atoms with Gasteiger partial charge in [0.05, 0.1) is 0 Å². The molecule has 0 unspecified atom stereocenters. The highest BCUT2D eigenvalue weighted by atomic mass is 35.5. The Morgan fingerprint density at radius 3 is 2.11 bits per heavy atom. The lowest BCUT2D eigenvalue weighted by Gasteiger charge is -2.33. The molecule has 1 aromatic rings. The largest absolute Gasteiger partial charge is 0.307 e. The van der Waals surface area contributed by atoms with E-state index in [0.717, 1.165) is 16.9 Å². The summed E-state index contributed by atoms with van der Waals surface area (Å²) in [6.07, 6.45) is 5.40. The van der Waals surface area contributed by atoms with Gasteiger partial charge in [0.1, 0.15) is 0 Å². The first-order chi connectivity index (χ1) is 9.06. The van der Waals surface area contributed by atoms with E-state index in [1.54, 1.807) is 0 Å². The van der Waals surface area contributed by atoms with Crippen molar-refractivity contribution in [2.75, 3.05) is 0 Å². The molecule has 0 radical (unpaired) electrons. The number of halogens is 1. The van der Waals surface area contributed by atoms with Crippen molar-refractivity contribution < 1.29 is 0 Å². The van der Waals surface area contributed by atoms with E-state index in [4.69, 9.17) is 11.6 Å². The Balaban J connectivity index is 1.83. The van der Waals surface area contributed by atoms with Gasteiger partial charge < -0.3 is 5.32 Å². The van der Waals surface area contributed by atoms with Crippen LogP contribution in [0.1, 0.15) is 58.1 Å². The number of rotatable bonds is 4. The second-order valence-electron chi connectivity index (χ2n) is 6.30. The lowest BCUT2D eigenvalue weighted by molar-refractivity contribution is 0.231. The van der Waals surface area contributed by atoms with Gasteiger partial charge in [0, 0.05) is 17.1 Å². The molecule has 0 aliphatic heterocycles. The minimum Gasteiger partial charge on any atom is -0.307 e. The maximum atomic E-state index is 5.93. The summed E-state index contributed by atoms with van der Waals surface area (Å²) in [5, 5.41) is 4.58. The average molecular weight is 280 g/mol. The highest BCUT2D eigenvalue weighted by Crippen LogP contribution is 2.31. The van der Waals surface area contributed by atoms with Gasteiger partial charge in [-0.2, -0.15) is 0 Å². The molecule has 0 heterocycles. The molecule has 0 amide bonds. The fraction of sp³-hybridized carbons (Fsp3) is 0.647. The van der Waals surface area contributed by atoms with Crippen LogP contribution in [-0.4, -0.2) is 6.04 Å². The van der Waals surface area contributed by atoms with Crippen molar-refractivity contribution in [2.45, 2.75) is 58.5 Å². The zero-order valence-electron chi connectivity index (χ0n) is 12.3. The van der Waals surface area contributed by atoms with Crippen LogP contribution in [0.15, 0.2) is 24.3 Å². The predicted molar refractivity (Wildman–Crippen MR) is 83.6 cm³/mol. The Labute approximate surface area is 122 Å². The molecule has 0 spiro atoms. The first-order valence-electron chi connectivity index (χ1n) is 7.57. The summed E-state index contributed by atoms with van der Waals surface area (Å²) in [6.45, 7) is 6.96. The molecular weight excluding hydrogens is 254 g/mol. The summed E-state index contributed by atoms with van der Waals surface area (Å²) in [4.78, 5) is 0. The first-order valence-corrected chi connectivity index (χ1v) is 7.95. The fourth-order valence-electron chi connectivity index (χ4n) is 3.15. The van der Waals surface area contributed by atoms with Crippen LogP contribution in [0.5, 0.6) is 0 Å². The molecule has 0 saturated heterocycles. The van der Waals surface area contributed by atoms with Crippen LogP contribution in [-0.2, 0) is 0 Å². The molecule has 1 N–H and O–H groups in total. The fourth-order valence-corrected chi connectivity index (χ4v) is 3.28. The van der Waals surface area contributed by atoms with Crippen molar-refractivity contribution in [1.29, 1.82) is 0 Å². The molecule has 1 aromatic carbocycles. The Kier molecular flexibility index (Phi) is 5.29. The lowest BCUT2D eigenvalue weighted by Crippen LogP contribution is -2.35. The number of nitrogens with one attached hydrogen (secondary N) is 1. The number of hydrogen-bond acceptors (Lipinski definition) is 1. The molecule has 2 heteroatoms. The molecule has 1 aliphatic carbocycles. The molecule has 19 heavy (non-hydrogen) atoms. The van der Waals surface area contributed by atoms with Gasteiger partial charge in [-0.05, 0) is 62.1 Å². The summed E-state index contributed by atoms with van der Waals surface area (Å²) in [5.41, 5.74) is 1.33. The van der Waals surface area contributed by atoms with E-state index in [1.165, 1.54) is 31.2 Å². The molecular formula is C17H26ClN. The van der Waals surface area contributed by atoms with Crippen molar-refractivity contribution in [3.63, 3.8) is 0 Å². The molecule has 1 nitrogen and oxygen atoms in total. The van der Waals surface area contributed by atoms with Crippen LogP contribution in [0.2, 0.25) is 5.02 Å². The Morgan fingerprint density at radius 1 is 1.00 bits per heavy atom. The van der Waals surface area contributed by atoms with Crippen LogP contribution < -0.4 is 5.32 Å². The van der Waals surface area contributed by atoms with Gasteiger partial charge in [-0.3, -0.25) is 0 Å². The van der Waals surface area contributed by atoms with E-state index >= 15 is 0 Å². The third kappa shape index (κ3) is 4.22. The smallest absolute Gasteiger partial charge is 0.0406 e. The molecule has 106 valence electrons. The minimum atomic E-state index is 0.415. The van der Waals surface area contributed by atoms with Crippen LogP contribution in [0.25, 0.3) is 0 Å². The number of benzene rings is 1. The van der Waals surface area contributed by atoms with Gasteiger partial charge in [0.25, 0.3) is 0 Å². The second-order valence-corrected chi connectivity index (χ2v) is 6.73. The van der Waals surface area contributed by atoms with E-state index in [1.807, 2.05) is 12.1 Å². The van der Waals surface area contributed by atoms with E-state index < -0.39 is 0 Å². The third-order valence-corrected chi connectivity index (χ3v) is 4.82. The van der Waals surface area contributed by atoms with Crippen molar-refractivity contribution in [1.82, 2.24) is 5.32 Å². The zero-order valence-corrected chi connectivity index (χ0v) is 13.1. The van der Waals surface area contributed by atoms with Gasteiger partial charge in [-0.1, -0.05) is 37.6 Å². The van der Waals surface area contributed by atoms with Gasteiger partial charge >= 0.3 is 0 Å². The van der Waals surface area contributed by atoms with Gasteiger partial charge in [-0.15, -0.1) is 0 Å². The topological polar surface area (TPSA) is 12.0 Å². The van der Waals surface area contributed by atoms with E-state index in [0.29, 0.717) is 12.1 Å². The average Bonchev–Trinajstić information content (AvgIpc) is 2.40. The lowest BCUT2D eigenvalue weighted by atomic mass is 9.79. The highest BCUT2D eigenvalue weighted by molar-refractivity contribution is 6.30. The molecule has 0 aromatic heterocycles. The van der Waals surface area contributed by atoms with Crippen LogP contribution >= 0.6 is 11.6 Å². The molecule has 1 atom stereocenters. The third-order valence-electron chi connectivity index (χ3n) is 4.57. The minimum absolute atomic E-state index is 0.415. The monoisotopic (exact) mass is 279 g/mol. The molecule has 1 aliphatic rings. The van der Waals surface area contributed by atoms with Crippen molar-refractivity contribution in [2.24, 2.45) is 11.8 Å². The SMILES string of the molecule is CC(C)C1CCC(N[C@H](C)c2ccc(Cl)cc2)CC1. The molecule has 1 fully saturated rings.